The summed E-state index contributed by atoms with van der Waals surface area (Å²) in [5, 5.41) is 3.27. The standard InChI is InChI=1S/C21H31N5O2/c1-3-25(4-2)12-5-15-28-19-8-6-18(7-9-19)23-21-22-11-10-20(24-21)26-13-16-27-17-14-26/h6-11H,3-5,12-17H2,1-2H3,(H,22,23,24). The predicted octanol–water partition coefficient (Wildman–Crippen LogP) is 3.17. The molecule has 0 spiro atoms. The lowest BCUT2D eigenvalue weighted by Gasteiger charge is -2.27. The third-order valence-electron chi connectivity index (χ3n) is 4.87. The Balaban J connectivity index is 1.49. The Labute approximate surface area is 167 Å². The largest absolute Gasteiger partial charge is 0.494 e. The van der Waals surface area contributed by atoms with Gasteiger partial charge in [-0.05, 0) is 49.8 Å². The SMILES string of the molecule is CCN(CC)CCCOc1ccc(Nc2nccc(N3CCOCC3)n2)cc1. The monoisotopic (exact) mass is 385 g/mol. The minimum atomic E-state index is 0.594. The molecule has 1 aliphatic heterocycles. The highest BCUT2D eigenvalue weighted by atomic mass is 16.5. The van der Waals surface area contributed by atoms with E-state index in [-0.39, 0.29) is 0 Å². The number of nitrogens with zero attached hydrogens (tertiary/aromatic N) is 4. The Morgan fingerprint density at radius 2 is 1.86 bits per heavy atom. The highest BCUT2D eigenvalue weighted by Gasteiger charge is 2.13. The molecule has 2 heterocycles. The minimum Gasteiger partial charge on any atom is -0.494 e. The highest BCUT2D eigenvalue weighted by molar-refractivity contribution is 5.56. The van der Waals surface area contributed by atoms with E-state index in [1.54, 1.807) is 6.20 Å². The van der Waals surface area contributed by atoms with Gasteiger partial charge in [0.05, 0.1) is 19.8 Å². The molecule has 7 heteroatoms. The lowest BCUT2D eigenvalue weighted by atomic mass is 10.3. The van der Waals surface area contributed by atoms with Gasteiger partial charge in [0.2, 0.25) is 5.95 Å². The molecule has 1 saturated heterocycles. The first kappa shape index (κ1) is 20.4. The fourth-order valence-electron chi connectivity index (χ4n) is 3.16. The number of hydrogen-bond acceptors (Lipinski definition) is 7. The summed E-state index contributed by atoms with van der Waals surface area (Å²) in [5.41, 5.74) is 0.939. The molecule has 1 fully saturated rings. The van der Waals surface area contributed by atoms with E-state index in [2.05, 4.69) is 38.9 Å². The van der Waals surface area contributed by atoms with Crippen molar-refractivity contribution < 1.29 is 9.47 Å². The van der Waals surface area contributed by atoms with Crippen LogP contribution in [0.2, 0.25) is 0 Å². The average Bonchev–Trinajstić information content (AvgIpc) is 2.76. The molecule has 0 saturated carbocycles. The maximum absolute atomic E-state index is 5.84. The number of nitrogens with one attached hydrogen (secondary N) is 1. The van der Waals surface area contributed by atoms with E-state index in [0.717, 1.165) is 76.2 Å². The van der Waals surface area contributed by atoms with E-state index in [1.807, 2.05) is 30.3 Å². The average molecular weight is 386 g/mol. The number of hydrogen-bond donors (Lipinski definition) is 1. The maximum atomic E-state index is 5.84. The second kappa shape index (κ2) is 10.8. The summed E-state index contributed by atoms with van der Waals surface area (Å²) < 4.78 is 11.2. The molecule has 0 unspecified atom stereocenters. The molecule has 0 bridgehead atoms. The van der Waals surface area contributed by atoms with Crippen LogP contribution in [0.1, 0.15) is 20.3 Å². The van der Waals surface area contributed by atoms with Gasteiger partial charge in [0.1, 0.15) is 11.6 Å². The molecule has 152 valence electrons. The quantitative estimate of drug-likeness (QED) is 0.630. The van der Waals surface area contributed by atoms with Crippen LogP contribution in [0, 0.1) is 0 Å². The van der Waals surface area contributed by atoms with Crippen LogP contribution in [-0.2, 0) is 4.74 Å². The molecule has 1 N–H and O–H groups in total. The van der Waals surface area contributed by atoms with Gasteiger partial charge in [0, 0.05) is 31.5 Å². The van der Waals surface area contributed by atoms with E-state index in [1.165, 1.54) is 0 Å². The number of benzene rings is 1. The van der Waals surface area contributed by atoms with Gasteiger partial charge in [-0.15, -0.1) is 0 Å². The number of ether oxygens (including phenoxy) is 2. The molecule has 28 heavy (non-hydrogen) atoms. The van der Waals surface area contributed by atoms with Crippen LogP contribution >= 0.6 is 0 Å². The van der Waals surface area contributed by atoms with Crippen molar-refractivity contribution in [2.24, 2.45) is 0 Å². The van der Waals surface area contributed by atoms with Crippen molar-refractivity contribution in [1.29, 1.82) is 0 Å². The Hall–Kier alpha value is -2.38. The van der Waals surface area contributed by atoms with Gasteiger partial charge in [0.25, 0.3) is 0 Å². The van der Waals surface area contributed by atoms with E-state index >= 15 is 0 Å². The van der Waals surface area contributed by atoms with Crippen molar-refractivity contribution in [2.75, 3.05) is 62.8 Å². The molecule has 1 aromatic heterocycles. The highest BCUT2D eigenvalue weighted by Crippen LogP contribution is 2.20. The fourth-order valence-corrected chi connectivity index (χ4v) is 3.16. The smallest absolute Gasteiger partial charge is 0.229 e. The summed E-state index contributed by atoms with van der Waals surface area (Å²) in [5.74, 6) is 2.40. The van der Waals surface area contributed by atoms with Gasteiger partial charge >= 0.3 is 0 Å². The van der Waals surface area contributed by atoms with Crippen molar-refractivity contribution in [3.63, 3.8) is 0 Å². The summed E-state index contributed by atoms with van der Waals surface area (Å²) >= 11 is 0. The van der Waals surface area contributed by atoms with Crippen LogP contribution in [0.4, 0.5) is 17.5 Å². The van der Waals surface area contributed by atoms with Crippen LogP contribution in [-0.4, -0.2) is 67.4 Å². The van der Waals surface area contributed by atoms with Gasteiger partial charge < -0.3 is 24.6 Å². The first-order valence-electron chi connectivity index (χ1n) is 10.2. The molecule has 0 amide bonds. The van der Waals surface area contributed by atoms with E-state index in [4.69, 9.17) is 9.47 Å². The molecule has 0 aliphatic carbocycles. The van der Waals surface area contributed by atoms with Crippen molar-refractivity contribution in [3.05, 3.63) is 36.5 Å². The topological polar surface area (TPSA) is 62.8 Å². The Bertz CT molecular complexity index is 700. The number of aromatic nitrogens is 2. The maximum Gasteiger partial charge on any atom is 0.229 e. The molecule has 7 nitrogen and oxygen atoms in total. The zero-order valence-electron chi connectivity index (χ0n) is 16.9. The van der Waals surface area contributed by atoms with Crippen molar-refractivity contribution in [2.45, 2.75) is 20.3 Å². The first-order chi connectivity index (χ1) is 13.8. The second-order valence-electron chi connectivity index (χ2n) is 6.72. The van der Waals surface area contributed by atoms with Gasteiger partial charge in [-0.2, -0.15) is 4.98 Å². The van der Waals surface area contributed by atoms with Crippen LogP contribution in [0.15, 0.2) is 36.5 Å². The molecule has 0 radical (unpaired) electrons. The van der Waals surface area contributed by atoms with E-state index < -0.39 is 0 Å². The van der Waals surface area contributed by atoms with Crippen molar-refractivity contribution >= 4 is 17.5 Å². The van der Waals surface area contributed by atoms with Gasteiger partial charge in [0.15, 0.2) is 0 Å². The molecular formula is C21H31N5O2. The normalized spacial score (nSPS) is 14.3. The van der Waals surface area contributed by atoms with Gasteiger partial charge in [-0.3, -0.25) is 0 Å². The Kier molecular flexibility index (Phi) is 7.87. The van der Waals surface area contributed by atoms with Crippen LogP contribution < -0.4 is 15.0 Å². The lowest BCUT2D eigenvalue weighted by molar-refractivity contribution is 0.122. The van der Waals surface area contributed by atoms with Gasteiger partial charge in [-0.25, -0.2) is 4.98 Å². The van der Waals surface area contributed by atoms with Gasteiger partial charge in [-0.1, -0.05) is 13.8 Å². The zero-order valence-corrected chi connectivity index (χ0v) is 16.9. The third-order valence-corrected chi connectivity index (χ3v) is 4.87. The predicted molar refractivity (Wildman–Crippen MR) is 113 cm³/mol. The van der Waals surface area contributed by atoms with Crippen LogP contribution in [0.5, 0.6) is 5.75 Å². The zero-order chi connectivity index (χ0) is 19.6. The summed E-state index contributed by atoms with van der Waals surface area (Å²) in [6, 6.07) is 9.87. The molecule has 1 aromatic carbocycles. The number of morpholine rings is 1. The summed E-state index contributed by atoms with van der Waals surface area (Å²) in [4.78, 5) is 13.6. The Morgan fingerprint density at radius 1 is 1.11 bits per heavy atom. The molecule has 0 atom stereocenters. The lowest BCUT2D eigenvalue weighted by Crippen LogP contribution is -2.36. The van der Waals surface area contributed by atoms with Crippen molar-refractivity contribution in [3.8, 4) is 5.75 Å². The number of anilines is 3. The van der Waals surface area contributed by atoms with Crippen LogP contribution in [0.3, 0.4) is 0 Å². The second-order valence-corrected chi connectivity index (χ2v) is 6.72. The summed E-state index contributed by atoms with van der Waals surface area (Å²) in [7, 11) is 0. The molecule has 3 rings (SSSR count). The molecule has 2 aromatic rings. The van der Waals surface area contributed by atoms with Crippen molar-refractivity contribution in [1.82, 2.24) is 14.9 Å². The summed E-state index contributed by atoms with van der Waals surface area (Å²) in [6.07, 6.45) is 2.82. The van der Waals surface area contributed by atoms with E-state index in [9.17, 15) is 0 Å². The Morgan fingerprint density at radius 3 is 2.57 bits per heavy atom. The minimum absolute atomic E-state index is 0.594. The number of rotatable bonds is 10. The summed E-state index contributed by atoms with van der Waals surface area (Å²) in [6.45, 7) is 11.6. The first-order valence-corrected chi connectivity index (χ1v) is 10.2. The molecule has 1 aliphatic rings. The molecular weight excluding hydrogens is 354 g/mol. The van der Waals surface area contributed by atoms with E-state index in [0.29, 0.717) is 5.95 Å². The fraction of sp³-hybridized carbons (Fsp3) is 0.524. The third kappa shape index (κ3) is 6.07. The van der Waals surface area contributed by atoms with Crippen LogP contribution in [0.25, 0.3) is 0 Å².